The summed E-state index contributed by atoms with van der Waals surface area (Å²) in [6.45, 7) is 5.64. The second kappa shape index (κ2) is 38.2. The normalized spacial score (nSPS) is 13.9. The molecular formula is C46H82NO8P. The van der Waals surface area contributed by atoms with Crippen molar-refractivity contribution in [2.24, 2.45) is 0 Å². The summed E-state index contributed by atoms with van der Waals surface area (Å²) in [5, 5.41) is 0. The van der Waals surface area contributed by atoms with Gasteiger partial charge in [-0.1, -0.05) is 145 Å². The SMILES string of the molecule is C=CCCCCCCCCCCCCCCCC(=O)OC[C@H](COP(=O)([O-])OCC[N+](C)(C)C)OC(=O)CCC/C=C/C/C=C/C/C=C/C/C=C/CCCCC. The maximum Gasteiger partial charge on any atom is 0.306 e. The number of unbranched alkanes of at least 4 members (excludes halogenated alkanes) is 17. The maximum atomic E-state index is 12.6. The van der Waals surface area contributed by atoms with Crippen molar-refractivity contribution < 1.29 is 42.1 Å². The zero-order valence-corrected chi connectivity index (χ0v) is 37.0. The van der Waals surface area contributed by atoms with Gasteiger partial charge in [0.15, 0.2) is 6.10 Å². The van der Waals surface area contributed by atoms with Gasteiger partial charge >= 0.3 is 11.9 Å². The van der Waals surface area contributed by atoms with E-state index in [2.05, 4.69) is 56.0 Å². The Bertz CT molecular complexity index is 1130. The highest BCUT2D eigenvalue weighted by molar-refractivity contribution is 7.45. The number of esters is 2. The Labute approximate surface area is 343 Å². The first-order chi connectivity index (χ1) is 27.0. The zero-order valence-electron chi connectivity index (χ0n) is 36.1. The molecule has 0 aliphatic heterocycles. The lowest BCUT2D eigenvalue weighted by Crippen LogP contribution is -2.37. The number of phosphoric ester groups is 1. The highest BCUT2D eigenvalue weighted by Crippen LogP contribution is 2.38. The van der Waals surface area contributed by atoms with E-state index in [1.807, 2.05) is 33.3 Å². The van der Waals surface area contributed by atoms with E-state index in [4.69, 9.17) is 18.5 Å². The molecule has 10 heteroatoms. The smallest absolute Gasteiger partial charge is 0.306 e. The molecule has 0 spiro atoms. The lowest BCUT2D eigenvalue weighted by molar-refractivity contribution is -0.870. The fraction of sp³-hybridized carbons (Fsp3) is 0.739. The van der Waals surface area contributed by atoms with Crippen LogP contribution in [0.25, 0.3) is 0 Å². The molecule has 0 aliphatic carbocycles. The molecular weight excluding hydrogens is 725 g/mol. The molecule has 0 N–H and O–H groups in total. The van der Waals surface area contributed by atoms with Crippen molar-refractivity contribution in [2.45, 2.75) is 174 Å². The number of rotatable bonds is 40. The topological polar surface area (TPSA) is 111 Å². The van der Waals surface area contributed by atoms with Crippen LogP contribution in [0.4, 0.5) is 0 Å². The lowest BCUT2D eigenvalue weighted by atomic mass is 10.0. The molecule has 0 amide bonds. The van der Waals surface area contributed by atoms with Gasteiger partial charge in [-0.25, -0.2) is 0 Å². The third-order valence-corrected chi connectivity index (χ3v) is 10.1. The minimum atomic E-state index is -4.64. The Hall–Kier alpha value is -2.29. The summed E-state index contributed by atoms with van der Waals surface area (Å²) in [6.07, 6.45) is 44.3. The fourth-order valence-electron chi connectivity index (χ4n) is 5.68. The van der Waals surface area contributed by atoms with Crippen molar-refractivity contribution in [1.82, 2.24) is 0 Å². The van der Waals surface area contributed by atoms with Gasteiger partial charge in [-0.05, 0) is 64.2 Å². The second-order valence-corrected chi connectivity index (χ2v) is 17.2. The molecule has 0 heterocycles. The summed E-state index contributed by atoms with van der Waals surface area (Å²) in [7, 11) is 1.12. The number of hydrogen-bond donors (Lipinski definition) is 0. The molecule has 0 aliphatic rings. The predicted molar refractivity (Wildman–Crippen MR) is 231 cm³/mol. The quantitative estimate of drug-likeness (QED) is 0.0198. The summed E-state index contributed by atoms with van der Waals surface area (Å²) < 4.78 is 33.8. The Morgan fingerprint density at radius 2 is 1.07 bits per heavy atom. The summed E-state index contributed by atoms with van der Waals surface area (Å²) in [5.41, 5.74) is 0. The Kier molecular flexibility index (Phi) is 36.7. The number of quaternary nitrogens is 1. The molecule has 0 bridgehead atoms. The Morgan fingerprint density at radius 3 is 1.59 bits per heavy atom. The molecule has 9 nitrogen and oxygen atoms in total. The first-order valence-electron chi connectivity index (χ1n) is 22.0. The van der Waals surface area contributed by atoms with Crippen molar-refractivity contribution in [3.8, 4) is 0 Å². The van der Waals surface area contributed by atoms with Gasteiger partial charge in [-0.2, -0.15) is 0 Å². The number of likely N-dealkylation sites (N-methyl/N-ethyl adjacent to an activating group) is 1. The molecule has 324 valence electrons. The standard InChI is InChI=1S/C46H82NO8P/c1-6-8-10-12-14-16-18-20-22-23-25-27-29-31-33-35-37-39-46(49)55-44(43-54-56(50,51)53-41-40-47(3,4)5)42-52-45(48)38-36-34-32-30-28-26-24-21-19-17-15-13-11-9-7-2/h7,14,16,20,22,25,27,31,33,44H,2,6,8-13,15,17-19,21,23-24,26,28-30,32,34-43H2,1,3-5H3/b16-14+,22-20+,27-25+,33-31+/t44-/m1/s1. The van der Waals surface area contributed by atoms with Crippen molar-refractivity contribution in [1.29, 1.82) is 0 Å². The van der Waals surface area contributed by atoms with E-state index in [1.165, 1.54) is 89.9 Å². The predicted octanol–water partition coefficient (Wildman–Crippen LogP) is 11.8. The number of hydrogen-bond acceptors (Lipinski definition) is 8. The highest BCUT2D eigenvalue weighted by Gasteiger charge is 2.21. The number of carbonyl (C=O) groups excluding carboxylic acids is 2. The third kappa shape index (κ3) is 41.3. The Balaban J connectivity index is 4.45. The summed E-state index contributed by atoms with van der Waals surface area (Å²) >= 11 is 0. The molecule has 0 saturated heterocycles. The van der Waals surface area contributed by atoms with Crippen LogP contribution in [0.15, 0.2) is 61.3 Å². The van der Waals surface area contributed by atoms with Crippen LogP contribution in [0, 0.1) is 0 Å². The van der Waals surface area contributed by atoms with Crippen LogP contribution >= 0.6 is 7.82 Å². The minimum absolute atomic E-state index is 0.0435. The molecule has 56 heavy (non-hydrogen) atoms. The van der Waals surface area contributed by atoms with Gasteiger partial charge in [0.05, 0.1) is 27.7 Å². The van der Waals surface area contributed by atoms with E-state index in [0.29, 0.717) is 23.9 Å². The van der Waals surface area contributed by atoms with Crippen LogP contribution in [0.2, 0.25) is 0 Å². The number of ether oxygens (including phenoxy) is 2. The van der Waals surface area contributed by atoms with Gasteiger partial charge in [-0.15, -0.1) is 6.58 Å². The molecule has 0 aromatic rings. The molecule has 2 atom stereocenters. The second-order valence-electron chi connectivity index (χ2n) is 15.8. The zero-order chi connectivity index (χ0) is 41.4. The van der Waals surface area contributed by atoms with Crippen LogP contribution in [0.3, 0.4) is 0 Å². The van der Waals surface area contributed by atoms with Crippen LogP contribution in [0.5, 0.6) is 0 Å². The van der Waals surface area contributed by atoms with E-state index in [-0.39, 0.29) is 26.1 Å². The molecule has 0 aromatic heterocycles. The average molecular weight is 808 g/mol. The van der Waals surface area contributed by atoms with Gasteiger partial charge < -0.3 is 27.9 Å². The van der Waals surface area contributed by atoms with Crippen LogP contribution in [0.1, 0.15) is 167 Å². The van der Waals surface area contributed by atoms with Crippen LogP contribution in [-0.4, -0.2) is 70.0 Å². The number of phosphoric acid groups is 1. The monoisotopic (exact) mass is 808 g/mol. The van der Waals surface area contributed by atoms with Crippen molar-refractivity contribution in [3.63, 3.8) is 0 Å². The van der Waals surface area contributed by atoms with Crippen molar-refractivity contribution in [2.75, 3.05) is 47.5 Å². The summed E-state index contributed by atoms with van der Waals surface area (Å²) in [4.78, 5) is 37.5. The number of carbonyl (C=O) groups is 2. The summed E-state index contributed by atoms with van der Waals surface area (Å²) in [6, 6.07) is 0. The van der Waals surface area contributed by atoms with Gasteiger partial charge in [0.1, 0.15) is 19.8 Å². The maximum absolute atomic E-state index is 12.6. The first-order valence-corrected chi connectivity index (χ1v) is 23.4. The minimum Gasteiger partial charge on any atom is -0.756 e. The van der Waals surface area contributed by atoms with Gasteiger partial charge in [0, 0.05) is 12.8 Å². The largest absolute Gasteiger partial charge is 0.756 e. The highest BCUT2D eigenvalue weighted by atomic mass is 31.2. The van der Waals surface area contributed by atoms with Crippen LogP contribution < -0.4 is 4.89 Å². The van der Waals surface area contributed by atoms with Gasteiger partial charge in [-0.3, -0.25) is 14.2 Å². The average Bonchev–Trinajstić information content (AvgIpc) is 3.15. The molecule has 0 aromatic carbocycles. The van der Waals surface area contributed by atoms with Crippen molar-refractivity contribution >= 4 is 19.8 Å². The molecule has 1 unspecified atom stereocenters. The van der Waals surface area contributed by atoms with E-state index in [0.717, 1.165) is 44.9 Å². The van der Waals surface area contributed by atoms with E-state index < -0.39 is 32.5 Å². The lowest BCUT2D eigenvalue weighted by Gasteiger charge is -2.28. The molecule has 0 saturated carbocycles. The Morgan fingerprint density at radius 1 is 0.607 bits per heavy atom. The fourth-order valence-corrected chi connectivity index (χ4v) is 6.41. The van der Waals surface area contributed by atoms with Crippen LogP contribution in [-0.2, 0) is 32.7 Å². The third-order valence-electron chi connectivity index (χ3n) is 9.16. The van der Waals surface area contributed by atoms with E-state index in [9.17, 15) is 19.0 Å². The molecule has 0 rings (SSSR count). The van der Waals surface area contributed by atoms with Gasteiger partial charge in [0.25, 0.3) is 7.82 Å². The van der Waals surface area contributed by atoms with Crippen molar-refractivity contribution in [3.05, 3.63) is 61.3 Å². The van der Waals surface area contributed by atoms with Gasteiger partial charge in [0.2, 0.25) is 0 Å². The number of nitrogens with zero attached hydrogens (tertiary/aromatic N) is 1. The number of allylic oxidation sites excluding steroid dienone is 9. The molecule has 0 radical (unpaired) electrons. The summed E-state index contributed by atoms with van der Waals surface area (Å²) in [5.74, 6) is -0.906. The molecule has 0 fully saturated rings. The van der Waals surface area contributed by atoms with E-state index in [1.54, 1.807) is 0 Å². The first kappa shape index (κ1) is 53.7. The van der Waals surface area contributed by atoms with E-state index >= 15 is 0 Å².